The topological polar surface area (TPSA) is 40.5 Å². The second-order valence-electron chi connectivity index (χ2n) is 18.9. The molecule has 0 amide bonds. The summed E-state index contributed by atoms with van der Waals surface area (Å²) >= 11 is 0. The molecule has 2 heteroatoms. The molecule has 5 aliphatic rings. The van der Waals surface area contributed by atoms with Crippen molar-refractivity contribution >= 4 is 0 Å². The van der Waals surface area contributed by atoms with Crippen LogP contribution in [0.25, 0.3) is 0 Å². The predicted octanol–water partition coefficient (Wildman–Crippen LogP) is 19.0. The standard InChI is InChI=1S/3C14H28.C10H18.2CH4O/c3*1-2-4-6-8-10-12-14-13-11-9-7-5-3-1;1-2-6-10-8-4-3-7-9(10)5-1;2*1-2/h3*1-14H2;9-10H,1-8H2;2*2H,1H3. The molecule has 5 saturated carbocycles. The average molecular weight is 791 g/mol. The van der Waals surface area contributed by atoms with Gasteiger partial charge < -0.3 is 10.2 Å². The number of hydrogen-bond donors (Lipinski definition) is 2. The molecule has 0 radical (unpaired) electrons. The molecule has 0 unspecified atom stereocenters. The number of fused-ring (bicyclic) bond motifs is 1. The van der Waals surface area contributed by atoms with Crippen molar-refractivity contribution in [1.29, 1.82) is 0 Å². The van der Waals surface area contributed by atoms with Crippen LogP contribution >= 0.6 is 0 Å². The maximum atomic E-state index is 7.00. The van der Waals surface area contributed by atoms with Crippen molar-refractivity contribution in [1.82, 2.24) is 0 Å². The number of aliphatic hydroxyl groups is 2. The highest BCUT2D eigenvalue weighted by Crippen LogP contribution is 2.40. The lowest BCUT2D eigenvalue weighted by Gasteiger charge is -2.35. The smallest absolute Gasteiger partial charge is 0.0319 e. The molecule has 0 aromatic carbocycles. The molecule has 0 aromatic heterocycles. The van der Waals surface area contributed by atoms with Gasteiger partial charge in [-0.15, -0.1) is 0 Å². The van der Waals surface area contributed by atoms with E-state index in [9.17, 15) is 0 Å². The summed E-state index contributed by atoms with van der Waals surface area (Å²) in [6.07, 6.45) is 75.4. The predicted molar refractivity (Wildman–Crippen MR) is 254 cm³/mol. The first kappa shape index (κ1) is 55.9. The van der Waals surface area contributed by atoms with Gasteiger partial charge in [0.1, 0.15) is 0 Å². The molecule has 56 heavy (non-hydrogen) atoms. The molecule has 2 N–H and O–H groups in total. The van der Waals surface area contributed by atoms with E-state index in [1.807, 2.05) is 0 Å². The van der Waals surface area contributed by atoms with E-state index in [-0.39, 0.29) is 0 Å². The monoisotopic (exact) mass is 791 g/mol. The first-order chi connectivity index (χ1) is 28.0. The highest BCUT2D eigenvalue weighted by atomic mass is 16.2. The Labute approximate surface area is 356 Å². The summed E-state index contributed by atoms with van der Waals surface area (Å²) in [5.41, 5.74) is 0. The molecule has 5 aliphatic carbocycles. The van der Waals surface area contributed by atoms with E-state index in [2.05, 4.69) is 0 Å². The van der Waals surface area contributed by atoms with Gasteiger partial charge in [0.05, 0.1) is 0 Å². The molecule has 0 aromatic rings. The number of rotatable bonds is 0. The zero-order valence-corrected chi connectivity index (χ0v) is 39.4. The van der Waals surface area contributed by atoms with E-state index < -0.39 is 0 Å². The quantitative estimate of drug-likeness (QED) is 0.257. The highest BCUT2D eigenvalue weighted by molar-refractivity contribution is 4.78. The average Bonchev–Trinajstić information content (AvgIpc) is 3.25. The van der Waals surface area contributed by atoms with Crippen LogP contribution in [0.4, 0.5) is 0 Å². The van der Waals surface area contributed by atoms with Gasteiger partial charge in [-0.1, -0.05) is 321 Å². The normalized spacial score (nSPS) is 25.5. The second-order valence-corrected chi connectivity index (χ2v) is 18.9. The van der Waals surface area contributed by atoms with Crippen molar-refractivity contribution in [2.24, 2.45) is 11.8 Å². The van der Waals surface area contributed by atoms with E-state index in [0.717, 1.165) is 26.1 Å². The van der Waals surface area contributed by atoms with Crippen LogP contribution in [0.2, 0.25) is 0 Å². The minimum Gasteiger partial charge on any atom is -0.400 e. The van der Waals surface area contributed by atoms with Crippen LogP contribution in [-0.2, 0) is 0 Å². The van der Waals surface area contributed by atoms with Gasteiger partial charge in [0, 0.05) is 14.2 Å². The summed E-state index contributed by atoms with van der Waals surface area (Å²) in [6, 6.07) is 0. The van der Waals surface area contributed by atoms with E-state index in [1.54, 1.807) is 25.7 Å². The van der Waals surface area contributed by atoms with Gasteiger partial charge in [0.25, 0.3) is 0 Å². The van der Waals surface area contributed by atoms with Crippen molar-refractivity contribution in [3.05, 3.63) is 0 Å². The van der Waals surface area contributed by atoms with Gasteiger partial charge in [0.15, 0.2) is 0 Å². The molecule has 0 atom stereocenters. The molecular weight excluding hydrogens is 681 g/mol. The number of aliphatic hydroxyl groups excluding tert-OH is 2. The third kappa shape index (κ3) is 42.1. The molecule has 0 bridgehead atoms. The fourth-order valence-electron chi connectivity index (χ4n) is 10.3. The molecule has 5 fully saturated rings. The summed E-state index contributed by atoms with van der Waals surface area (Å²) in [5, 5.41) is 14.0. The first-order valence-electron chi connectivity index (χ1n) is 26.9. The van der Waals surface area contributed by atoms with Crippen LogP contribution in [0.15, 0.2) is 0 Å². The van der Waals surface area contributed by atoms with Crippen molar-refractivity contribution in [3.63, 3.8) is 0 Å². The van der Waals surface area contributed by atoms with Gasteiger partial charge >= 0.3 is 0 Å². The molecule has 0 aliphatic heterocycles. The maximum Gasteiger partial charge on any atom is 0.0319 e. The van der Waals surface area contributed by atoms with Crippen LogP contribution in [0.5, 0.6) is 0 Å². The Morgan fingerprint density at radius 3 is 0.286 bits per heavy atom. The molecule has 0 heterocycles. The Morgan fingerprint density at radius 2 is 0.214 bits per heavy atom. The Hall–Kier alpha value is -0.0800. The van der Waals surface area contributed by atoms with Crippen LogP contribution in [0.1, 0.15) is 321 Å². The summed E-state index contributed by atoms with van der Waals surface area (Å²) in [5.74, 6) is 2.31. The summed E-state index contributed by atoms with van der Waals surface area (Å²) < 4.78 is 0. The third-order valence-electron chi connectivity index (χ3n) is 14.0. The van der Waals surface area contributed by atoms with Crippen molar-refractivity contribution in [2.45, 2.75) is 321 Å². The Kier molecular flexibility index (Phi) is 51.0. The van der Waals surface area contributed by atoms with Gasteiger partial charge in [-0.3, -0.25) is 0 Å². The zero-order chi connectivity index (χ0) is 40.5. The molecule has 2 nitrogen and oxygen atoms in total. The Balaban J connectivity index is 0.000000702. The van der Waals surface area contributed by atoms with Gasteiger partial charge in [-0.2, -0.15) is 0 Å². The zero-order valence-electron chi connectivity index (χ0n) is 39.4. The first-order valence-corrected chi connectivity index (χ1v) is 26.9. The van der Waals surface area contributed by atoms with E-state index in [4.69, 9.17) is 10.2 Å². The van der Waals surface area contributed by atoms with E-state index in [1.165, 1.54) is 295 Å². The van der Waals surface area contributed by atoms with Gasteiger partial charge in [-0.05, 0) is 11.8 Å². The minimum absolute atomic E-state index is 1.00. The van der Waals surface area contributed by atoms with Crippen LogP contribution in [0, 0.1) is 11.8 Å². The van der Waals surface area contributed by atoms with Crippen molar-refractivity contribution in [2.75, 3.05) is 14.2 Å². The summed E-state index contributed by atoms with van der Waals surface area (Å²) in [6.45, 7) is 0. The lowest BCUT2D eigenvalue weighted by Crippen LogP contribution is -2.22. The van der Waals surface area contributed by atoms with Gasteiger partial charge in [-0.25, -0.2) is 0 Å². The third-order valence-corrected chi connectivity index (χ3v) is 14.0. The molecule has 0 saturated heterocycles. The SMILES string of the molecule is C1CCC2CCCCC2C1.C1CCCCCCCCCCCCC1.C1CCCCCCCCCCCCC1.C1CCCCCCCCCCCCC1.CO.CO. The molecule has 0 spiro atoms. The summed E-state index contributed by atoms with van der Waals surface area (Å²) in [7, 11) is 2.00. The molecular formula is C54H110O2. The van der Waals surface area contributed by atoms with Gasteiger partial charge in [0.2, 0.25) is 0 Å². The number of hydrogen-bond acceptors (Lipinski definition) is 2. The lowest BCUT2D eigenvalue weighted by molar-refractivity contribution is 0.171. The maximum absolute atomic E-state index is 7.00. The summed E-state index contributed by atoms with van der Waals surface area (Å²) in [4.78, 5) is 0. The van der Waals surface area contributed by atoms with Crippen LogP contribution in [0.3, 0.4) is 0 Å². The fourth-order valence-corrected chi connectivity index (χ4v) is 10.3. The van der Waals surface area contributed by atoms with E-state index in [0.29, 0.717) is 0 Å². The fraction of sp³-hybridized carbons (Fsp3) is 1.00. The van der Waals surface area contributed by atoms with Crippen molar-refractivity contribution < 1.29 is 10.2 Å². The van der Waals surface area contributed by atoms with Crippen LogP contribution in [-0.4, -0.2) is 24.4 Å². The Morgan fingerprint density at radius 1 is 0.143 bits per heavy atom. The highest BCUT2D eigenvalue weighted by Gasteiger charge is 2.26. The van der Waals surface area contributed by atoms with E-state index >= 15 is 0 Å². The van der Waals surface area contributed by atoms with Crippen LogP contribution < -0.4 is 0 Å². The molecule has 338 valence electrons. The largest absolute Gasteiger partial charge is 0.400 e. The minimum atomic E-state index is 1.00. The second kappa shape index (κ2) is 51.1. The Bertz CT molecular complexity index is 410. The molecule has 5 rings (SSSR count). The van der Waals surface area contributed by atoms with Crippen molar-refractivity contribution in [3.8, 4) is 0 Å². The lowest BCUT2D eigenvalue weighted by atomic mass is 9.71.